The second-order valence-corrected chi connectivity index (χ2v) is 11.3. The van der Waals surface area contributed by atoms with Gasteiger partial charge in [-0.2, -0.15) is 0 Å². The van der Waals surface area contributed by atoms with Crippen molar-refractivity contribution >= 4 is 49.2 Å². The number of hydrogen-bond donors (Lipinski definition) is 2. The Morgan fingerprint density at radius 3 is 0.979 bits per heavy atom. The zero-order valence-electron chi connectivity index (χ0n) is 25.7. The number of fused-ring (bicyclic) bond motifs is 20. The molecule has 0 fully saturated rings. The third-order valence-corrected chi connectivity index (χ3v) is 8.73. The molecule has 3 aromatic heterocycles. The third-order valence-electron chi connectivity index (χ3n) is 8.38. The minimum atomic E-state index is 0.597. The molecule has 8 bridgehead atoms. The van der Waals surface area contributed by atoms with Gasteiger partial charge in [-0.15, -0.1) is 0 Å². The van der Waals surface area contributed by atoms with Gasteiger partial charge in [-0.05, 0) is 0 Å². The topological polar surface area (TPSA) is 112 Å². The molecule has 0 saturated carbocycles. The molecule has 9 nitrogen and oxygen atoms in total. The van der Waals surface area contributed by atoms with Crippen molar-refractivity contribution in [1.82, 2.24) is 44.8 Å². The molecule has 0 radical (unpaired) electrons. The van der Waals surface area contributed by atoms with E-state index in [0.717, 1.165) is 56.9 Å². The van der Waals surface area contributed by atoms with Crippen molar-refractivity contribution in [3.63, 3.8) is 0 Å². The molecule has 7 aromatic rings. The first kappa shape index (κ1) is 29.0. The van der Waals surface area contributed by atoms with Crippen LogP contribution < -0.4 is 0 Å². The Labute approximate surface area is 278 Å². The Bertz CT molecular complexity index is 2170. The van der Waals surface area contributed by atoms with Crippen molar-refractivity contribution < 1.29 is 15.6 Å². The Balaban J connectivity index is 0.000000420. The minimum absolute atomic E-state index is 0.597. The van der Waals surface area contributed by atoms with Gasteiger partial charge >= 0.3 is 52.5 Å². The van der Waals surface area contributed by atoms with Crippen molar-refractivity contribution in [3.8, 4) is 45.6 Å². The summed E-state index contributed by atoms with van der Waals surface area (Å²) >= 11 is 4.80. The van der Waals surface area contributed by atoms with Crippen molar-refractivity contribution in [2.45, 2.75) is 13.8 Å². The van der Waals surface area contributed by atoms with Crippen LogP contribution in [-0.4, -0.2) is 62.9 Å². The molecule has 47 heavy (non-hydrogen) atoms. The zero-order chi connectivity index (χ0) is 31.9. The van der Waals surface area contributed by atoms with Gasteiger partial charge in [0.05, 0.1) is 0 Å². The minimum Gasteiger partial charge on any atom is -0.324 e. The Morgan fingerprint density at radius 2 is 0.745 bits per heavy atom. The number of rotatable bonds is 3. The maximum Gasteiger partial charge on any atom is 0.164 e. The van der Waals surface area contributed by atoms with E-state index in [4.69, 9.17) is 45.5 Å². The summed E-state index contributed by atoms with van der Waals surface area (Å²) in [6.45, 7) is 6.22. The van der Waals surface area contributed by atoms with Gasteiger partial charge < -0.3 is 9.97 Å². The van der Waals surface area contributed by atoms with Crippen LogP contribution in [0.4, 0.5) is 0 Å². The summed E-state index contributed by atoms with van der Waals surface area (Å²) in [6, 6.07) is 32.2. The molecule has 233 valence electrons. The quantitative estimate of drug-likeness (QED) is 0.188. The average Bonchev–Trinajstić information content (AvgIpc) is 3.85. The van der Waals surface area contributed by atoms with Crippen molar-refractivity contribution in [1.29, 1.82) is 0 Å². The maximum absolute atomic E-state index is 5.02. The summed E-state index contributed by atoms with van der Waals surface area (Å²) in [5.41, 5.74) is 6.45. The first-order chi connectivity index (χ1) is 23.1. The first-order valence-corrected chi connectivity index (χ1v) is 16.0. The molecule has 10 heteroatoms. The number of aromatic nitrogens is 8. The summed E-state index contributed by atoms with van der Waals surface area (Å²) < 4.78 is 0. The molecule has 2 N–H and O–H groups in total. The molecule has 0 atom stereocenters. The van der Waals surface area contributed by atoms with E-state index in [-0.39, 0.29) is 0 Å². The van der Waals surface area contributed by atoms with Crippen LogP contribution in [0, 0.1) is 0 Å². The molecule has 0 spiro atoms. The van der Waals surface area contributed by atoms with E-state index in [0.29, 0.717) is 45.9 Å². The van der Waals surface area contributed by atoms with Crippen LogP contribution in [0.15, 0.2) is 97.1 Å². The maximum atomic E-state index is 5.02. The van der Waals surface area contributed by atoms with Crippen LogP contribution in [-0.2, 0) is 15.6 Å². The molecule has 0 saturated heterocycles. The number of nitrogens with zero attached hydrogens (tertiary/aromatic N) is 7. The monoisotopic (exact) mass is 662 g/mol. The van der Waals surface area contributed by atoms with Gasteiger partial charge in [0, 0.05) is 43.8 Å². The smallest absolute Gasteiger partial charge is 0.164 e. The third kappa shape index (κ3) is 5.13. The fourth-order valence-corrected chi connectivity index (χ4v) is 6.27. The molecule has 0 aliphatic carbocycles. The Hall–Kier alpha value is -5.41. The average molecular weight is 663 g/mol. The summed E-state index contributed by atoms with van der Waals surface area (Å²) in [5.74, 6) is 2.39. The summed E-state index contributed by atoms with van der Waals surface area (Å²) in [7, 11) is 0. The molecule has 4 aromatic carbocycles. The summed E-state index contributed by atoms with van der Waals surface area (Å²) in [4.78, 5) is 38.8. The van der Waals surface area contributed by atoms with Gasteiger partial charge in [-0.25, -0.2) is 29.9 Å². The van der Waals surface area contributed by atoms with Crippen LogP contribution in [0.5, 0.6) is 0 Å². The van der Waals surface area contributed by atoms with Gasteiger partial charge in [-0.3, -0.25) is 0 Å². The Morgan fingerprint density at radius 1 is 0.468 bits per heavy atom. The number of aromatic amines is 2. The van der Waals surface area contributed by atoms with Gasteiger partial charge in [-0.1, -0.05) is 97.1 Å². The SMILES string of the molecule is CCN([CH]=[Cu])CC.c1ccc2c(c1)-c1nc-2nc2[nH]c(nc3nc(nc4[nH]c(n1)c1ccccc41)-c1ccccc1-3)c1ccccc21. The van der Waals surface area contributed by atoms with Crippen LogP contribution in [0.1, 0.15) is 13.8 Å². The zero-order valence-corrected chi connectivity index (χ0v) is 26.6. The molecule has 5 heterocycles. The number of H-pyrrole nitrogens is 2. The second-order valence-electron chi connectivity index (χ2n) is 11.1. The predicted octanol–water partition coefficient (Wildman–Crippen LogP) is 7.50. The van der Waals surface area contributed by atoms with E-state index in [2.05, 4.69) is 28.7 Å². The van der Waals surface area contributed by atoms with Crippen LogP contribution in [0.2, 0.25) is 0 Å². The van der Waals surface area contributed by atoms with E-state index in [9.17, 15) is 0 Å². The van der Waals surface area contributed by atoms with Crippen molar-refractivity contribution in [2.24, 2.45) is 0 Å². The standard InChI is InChI=1S/C32H18N8.C5H11N.Cu/c1-2-10-18-17(9-1)25-33-26(18)38-28-21-13-5-6-14-22(21)30(35-28)40-32-24-16-8-7-15-23(24)31(36-32)39-29-20-12-4-3-11-19(20)27(34-29)37-25;1-4-6(3)5-2;/h1-16H,(H2,33,34,35,36,37,38,39,40);3H,4-5H2,1-2H3;. The summed E-state index contributed by atoms with van der Waals surface area (Å²) in [6.07, 6.45) is 0. The molecule has 2 aliphatic heterocycles. The van der Waals surface area contributed by atoms with Crippen molar-refractivity contribution in [3.05, 3.63) is 97.1 Å². The van der Waals surface area contributed by atoms with E-state index in [1.807, 2.05) is 97.1 Å². The van der Waals surface area contributed by atoms with E-state index in [1.54, 1.807) is 5.04 Å². The molecule has 0 unspecified atom stereocenters. The fourth-order valence-electron chi connectivity index (χ4n) is 5.92. The van der Waals surface area contributed by atoms with Gasteiger partial charge in [0.15, 0.2) is 23.3 Å². The number of benzene rings is 4. The molecule has 2 aliphatic rings. The fraction of sp³-hybridized carbons (Fsp3) is 0.108. The van der Waals surface area contributed by atoms with E-state index in [1.165, 1.54) is 0 Å². The Kier molecular flexibility index (Phi) is 7.46. The van der Waals surface area contributed by atoms with Crippen LogP contribution >= 0.6 is 0 Å². The number of hydrogen-bond acceptors (Lipinski definition) is 7. The van der Waals surface area contributed by atoms with Crippen LogP contribution in [0.3, 0.4) is 0 Å². The summed E-state index contributed by atoms with van der Waals surface area (Å²) in [5, 5.41) is 5.49. The molecular formula is C37H29CuN9. The first-order valence-electron chi connectivity index (χ1n) is 15.5. The molecular weight excluding hydrogens is 634 g/mol. The predicted molar refractivity (Wildman–Crippen MR) is 185 cm³/mol. The van der Waals surface area contributed by atoms with Gasteiger partial charge in [0.1, 0.15) is 22.6 Å². The van der Waals surface area contributed by atoms with Gasteiger partial charge in [0.2, 0.25) is 0 Å². The normalized spacial score (nSPS) is 11.7. The molecule has 9 rings (SSSR count). The van der Waals surface area contributed by atoms with Crippen LogP contribution in [0.25, 0.3) is 89.7 Å². The largest absolute Gasteiger partial charge is 0.324 e. The van der Waals surface area contributed by atoms with E-state index >= 15 is 0 Å². The molecule has 0 amide bonds. The van der Waals surface area contributed by atoms with E-state index < -0.39 is 0 Å². The number of nitrogens with one attached hydrogen (secondary N) is 2. The van der Waals surface area contributed by atoms with Gasteiger partial charge in [0.25, 0.3) is 0 Å². The second kappa shape index (κ2) is 12.1. The van der Waals surface area contributed by atoms with Crippen molar-refractivity contribution in [2.75, 3.05) is 13.1 Å².